The fraction of sp³-hybridized carbons (Fsp3) is 0.0769. The topological polar surface area (TPSA) is 53.6 Å². The summed E-state index contributed by atoms with van der Waals surface area (Å²) in [5.74, 6) is 0.880. The number of rotatable bonds is 3. The van der Waals surface area contributed by atoms with E-state index in [2.05, 4.69) is 26.3 Å². The van der Waals surface area contributed by atoms with Crippen LogP contribution >= 0.6 is 0 Å². The molecule has 0 aliphatic heterocycles. The highest BCUT2D eigenvalue weighted by Crippen LogP contribution is 2.16. The fourth-order valence-corrected chi connectivity index (χ4v) is 1.81. The maximum Gasteiger partial charge on any atom is 0.137 e. The number of nitrogens with one attached hydrogen (secondary N) is 2. The SMILES string of the molecule is c1ccc(NCc2c[nH]c3ncccc23)nc1. The van der Waals surface area contributed by atoms with E-state index in [0.29, 0.717) is 0 Å². The Kier molecular flexibility index (Phi) is 2.46. The van der Waals surface area contributed by atoms with Gasteiger partial charge in [0.15, 0.2) is 0 Å². The Hall–Kier alpha value is -2.36. The van der Waals surface area contributed by atoms with Gasteiger partial charge in [0.1, 0.15) is 11.5 Å². The number of aromatic nitrogens is 3. The van der Waals surface area contributed by atoms with E-state index < -0.39 is 0 Å². The molecule has 4 nitrogen and oxygen atoms in total. The standard InChI is InChI=1S/C13H12N4/c1-2-6-14-12(5-1)16-8-10-9-17-13-11(10)4-3-7-15-13/h1-7,9H,8H2,(H,14,16)(H,15,17). The van der Waals surface area contributed by atoms with E-state index in [-0.39, 0.29) is 0 Å². The molecule has 0 radical (unpaired) electrons. The molecule has 0 amide bonds. The van der Waals surface area contributed by atoms with Gasteiger partial charge >= 0.3 is 0 Å². The first-order valence-corrected chi connectivity index (χ1v) is 5.49. The van der Waals surface area contributed by atoms with Gasteiger partial charge in [-0.25, -0.2) is 9.97 Å². The lowest BCUT2D eigenvalue weighted by molar-refractivity contribution is 1.12. The van der Waals surface area contributed by atoms with Crippen LogP contribution in [0.3, 0.4) is 0 Å². The number of nitrogens with zero attached hydrogens (tertiary/aromatic N) is 2. The highest BCUT2D eigenvalue weighted by atomic mass is 15.0. The largest absolute Gasteiger partial charge is 0.366 e. The predicted octanol–water partition coefficient (Wildman–Crippen LogP) is 2.57. The summed E-state index contributed by atoms with van der Waals surface area (Å²) in [6, 6.07) is 9.83. The molecule has 0 spiro atoms. The average Bonchev–Trinajstić information content (AvgIpc) is 2.81. The van der Waals surface area contributed by atoms with Crippen LogP contribution in [0.1, 0.15) is 5.56 Å². The lowest BCUT2D eigenvalue weighted by atomic mass is 10.2. The Bertz CT molecular complexity index is 615. The summed E-state index contributed by atoms with van der Waals surface area (Å²) in [5, 5.41) is 4.43. The Morgan fingerprint density at radius 2 is 2.00 bits per heavy atom. The van der Waals surface area contributed by atoms with E-state index in [1.54, 1.807) is 12.4 Å². The van der Waals surface area contributed by atoms with Crippen LogP contribution in [0.5, 0.6) is 0 Å². The molecule has 2 N–H and O–H groups in total. The number of aromatic amines is 1. The van der Waals surface area contributed by atoms with Gasteiger partial charge in [-0.2, -0.15) is 0 Å². The van der Waals surface area contributed by atoms with Crippen LogP contribution in [-0.4, -0.2) is 15.0 Å². The van der Waals surface area contributed by atoms with Gasteiger partial charge in [0.05, 0.1) is 0 Å². The van der Waals surface area contributed by atoms with Crippen molar-refractivity contribution < 1.29 is 0 Å². The number of H-pyrrole nitrogens is 1. The van der Waals surface area contributed by atoms with Gasteiger partial charge in [-0.15, -0.1) is 0 Å². The molecule has 0 bridgehead atoms. The Balaban J connectivity index is 1.82. The first-order valence-electron chi connectivity index (χ1n) is 5.49. The molecule has 0 atom stereocenters. The van der Waals surface area contributed by atoms with Gasteiger partial charge in [-0.3, -0.25) is 0 Å². The number of pyridine rings is 2. The molecule has 0 aromatic carbocycles. The van der Waals surface area contributed by atoms with Crippen LogP contribution in [0.2, 0.25) is 0 Å². The molecule has 84 valence electrons. The number of hydrogen-bond donors (Lipinski definition) is 2. The van der Waals surface area contributed by atoms with Crippen molar-refractivity contribution in [3.05, 3.63) is 54.5 Å². The van der Waals surface area contributed by atoms with Crippen molar-refractivity contribution in [2.45, 2.75) is 6.54 Å². The van der Waals surface area contributed by atoms with E-state index in [0.717, 1.165) is 23.4 Å². The highest BCUT2D eigenvalue weighted by molar-refractivity contribution is 5.79. The molecular weight excluding hydrogens is 212 g/mol. The average molecular weight is 224 g/mol. The predicted molar refractivity (Wildman–Crippen MR) is 67.7 cm³/mol. The Labute approximate surface area is 98.7 Å². The summed E-state index contributed by atoms with van der Waals surface area (Å²) in [6.07, 6.45) is 5.54. The normalized spacial score (nSPS) is 10.6. The molecule has 0 fully saturated rings. The van der Waals surface area contributed by atoms with E-state index in [4.69, 9.17) is 0 Å². The van der Waals surface area contributed by atoms with Crippen molar-refractivity contribution in [2.75, 3.05) is 5.32 Å². The van der Waals surface area contributed by atoms with Gasteiger partial charge in [-0.1, -0.05) is 6.07 Å². The minimum Gasteiger partial charge on any atom is -0.366 e. The smallest absolute Gasteiger partial charge is 0.137 e. The number of anilines is 1. The van der Waals surface area contributed by atoms with Gasteiger partial charge in [0, 0.05) is 30.5 Å². The first kappa shape index (κ1) is 9.84. The van der Waals surface area contributed by atoms with Crippen LogP contribution in [0, 0.1) is 0 Å². The molecule has 3 heterocycles. The molecule has 0 unspecified atom stereocenters. The van der Waals surface area contributed by atoms with Gasteiger partial charge in [-0.05, 0) is 29.8 Å². The second-order valence-corrected chi connectivity index (χ2v) is 3.78. The zero-order valence-corrected chi connectivity index (χ0v) is 9.22. The summed E-state index contributed by atoms with van der Waals surface area (Å²) in [5.41, 5.74) is 2.11. The van der Waals surface area contributed by atoms with Crippen molar-refractivity contribution in [3.63, 3.8) is 0 Å². The van der Waals surface area contributed by atoms with Gasteiger partial charge in [0.25, 0.3) is 0 Å². The molecule has 4 heteroatoms. The summed E-state index contributed by atoms with van der Waals surface area (Å²) in [6.45, 7) is 0.739. The van der Waals surface area contributed by atoms with Crippen molar-refractivity contribution in [3.8, 4) is 0 Å². The van der Waals surface area contributed by atoms with Crippen LogP contribution < -0.4 is 5.32 Å². The second kappa shape index (κ2) is 4.25. The number of fused-ring (bicyclic) bond motifs is 1. The summed E-state index contributed by atoms with van der Waals surface area (Å²) >= 11 is 0. The molecule has 17 heavy (non-hydrogen) atoms. The van der Waals surface area contributed by atoms with Crippen LogP contribution in [0.25, 0.3) is 11.0 Å². The van der Waals surface area contributed by atoms with Crippen molar-refractivity contribution in [1.29, 1.82) is 0 Å². The summed E-state index contributed by atoms with van der Waals surface area (Å²) < 4.78 is 0. The quantitative estimate of drug-likeness (QED) is 0.719. The van der Waals surface area contributed by atoms with Crippen LogP contribution in [0.15, 0.2) is 48.9 Å². The van der Waals surface area contributed by atoms with Crippen molar-refractivity contribution in [2.24, 2.45) is 0 Å². The molecule has 0 aliphatic carbocycles. The second-order valence-electron chi connectivity index (χ2n) is 3.78. The molecule has 0 saturated heterocycles. The van der Waals surface area contributed by atoms with Crippen molar-refractivity contribution >= 4 is 16.9 Å². The molecule has 3 aromatic rings. The van der Waals surface area contributed by atoms with Crippen LogP contribution in [-0.2, 0) is 6.54 Å². The third-order valence-corrected chi connectivity index (χ3v) is 2.66. The van der Waals surface area contributed by atoms with E-state index >= 15 is 0 Å². The van der Waals surface area contributed by atoms with E-state index in [1.807, 2.05) is 30.5 Å². The third-order valence-electron chi connectivity index (χ3n) is 2.66. The Morgan fingerprint density at radius 3 is 2.88 bits per heavy atom. The minimum absolute atomic E-state index is 0.739. The molecule has 0 aliphatic rings. The lowest BCUT2D eigenvalue weighted by Crippen LogP contribution is -1.99. The molecular formula is C13H12N4. The van der Waals surface area contributed by atoms with E-state index in [1.165, 1.54) is 5.56 Å². The molecule has 3 aromatic heterocycles. The van der Waals surface area contributed by atoms with Gasteiger partial charge < -0.3 is 10.3 Å². The highest BCUT2D eigenvalue weighted by Gasteiger charge is 2.03. The van der Waals surface area contributed by atoms with Crippen LogP contribution in [0.4, 0.5) is 5.82 Å². The maximum atomic E-state index is 4.26. The zero-order valence-electron chi connectivity index (χ0n) is 9.22. The van der Waals surface area contributed by atoms with Crippen molar-refractivity contribution in [1.82, 2.24) is 15.0 Å². The fourth-order valence-electron chi connectivity index (χ4n) is 1.81. The third kappa shape index (κ3) is 1.97. The maximum absolute atomic E-state index is 4.26. The minimum atomic E-state index is 0.739. The van der Waals surface area contributed by atoms with E-state index in [9.17, 15) is 0 Å². The molecule has 0 saturated carbocycles. The summed E-state index contributed by atoms with van der Waals surface area (Å²) in [4.78, 5) is 11.6. The monoisotopic (exact) mass is 224 g/mol. The zero-order chi connectivity index (χ0) is 11.5. The van der Waals surface area contributed by atoms with Gasteiger partial charge in [0.2, 0.25) is 0 Å². The number of hydrogen-bond acceptors (Lipinski definition) is 3. The first-order chi connectivity index (χ1) is 8.43. The Morgan fingerprint density at radius 1 is 1.06 bits per heavy atom. The lowest BCUT2D eigenvalue weighted by Gasteiger charge is -2.03. The molecule has 3 rings (SSSR count). The summed E-state index contributed by atoms with van der Waals surface area (Å²) in [7, 11) is 0.